The summed E-state index contributed by atoms with van der Waals surface area (Å²) in [6.45, 7) is 5.24. The molecule has 0 radical (unpaired) electrons. The fourth-order valence-electron chi connectivity index (χ4n) is 7.06. The monoisotopic (exact) mass is 1200 g/mol. The molecule has 0 saturated carbocycles. The fraction of sp³-hybridized carbons (Fsp3) is 0.240. The number of rotatable bonds is 7. The summed E-state index contributed by atoms with van der Waals surface area (Å²) in [6, 6.07) is 28.2. The smallest absolute Gasteiger partial charge is 0.411 e. The number of fused-ring (bicyclic) bond motifs is 4. The number of hydrogen-bond donors (Lipinski definition) is 2. The molecule has 1 amide bonds. The Bertz CT molecular complexity index is 3360. The van der Waals surface area contributed by atoms with Crippen LogP contribution in [0.3, 0.4) is 0 Å². The Morgan fingerprint density at radius 1 is 0.653 bits per heavy atom. The number of benzene rings is 4. The van der Waals surface area contributed by atoms with E-state index >= 15 is 0 Å². The predicted molar refractivity (Wildman–Crippen MR) is 296 cm³/mol. The van der Waals surface area contributed by atoms with Crippen molar-refractivity contribution in [3.05, 3.63) is 135 Å². The number of nitrogens with zero attached hydrogens (tertiary/aromatic N) is 5. The van der Waals surface area contributed by atoms with Crippen LogP contribution in [0.25, 0.3) is 43.1 Å². The molecule has 8 aromatic rings. The Hall–Kier alpha value is -5.39. The number of carboxylic acid groups (broad SMARTS) is 1. The number of likely N-dealkylation sites (tertiary alicyclic amines) is 1. The van der Waals surface area contributed by atoms with E-state index in [2.05, 4.69) is 48.7 Å². The van der Waals surface area contributed by atoms with Gasteiger partial charge in [0.2, 0.25) is 12.1 Å². The van der Waals surface area contributed by atoms with Gasteiger partial charge in [0.15, 0.2) is 0 Å². The first-order chi connectivity index (χ1) is 35.3. The van der Waals surface area contributed by atoms with Crippen molar-refractivity contribution in [1.29, 1.82) is 0 Å². The minimum atomic E-state index is -3.22. The second kappa shape index (κ2) is 27.1. The van der Waals surface area contributed by atoms with E-state index in [0.717, 1.165) is 59.7 Å². The van der Waals surface area contributed by atoms with Crippen LogP contribution in [0.5, 0.6) is 28.9 Å². The Morgan fingerprint density at radius 3 is 1.61 bits per heavy atom. The topological polar surface area (TPSA) is 193 Å². The van der Waals surface area contributed by atoms with Crippen LogP contribution in [0, 0.1) is 0 Å². The third kappa shape index (κ3) is 17.8. The molecular formula is C50H47Cl8N5O11P+. The molecule has 16 nitrogen and oxygen atoms in total. The maximum Gasteiger partial charge on any atom is 0.411 e. The summed E-state index contributed by atoms with van der Waals surface area (Å²) in [6.07, 6.45) is 2.03. The van der Waals surface area contributed by atoms with E-state index in [0.29, 0.717) is 31.7 Å². The molecule has 0 unspecified atom stereocenters. The van der Waals surface area contributed by atoms with Crippen molar-refractivity contribution in [3.8, 4) is 28.9 Å². The number of carboxylic acids is 1. The quantitative estimate of drug-likeness (QED) is 0.0662. The van der Waals surface area contributed by atoms with Gasteiger partial charge < -0.3 is 33.5 Å². The van der Waals surface area contributed by atoms with Gasteiger partial charge in [-0.05, 0) is 179 Å². The normalized spacial score (nSPS) is 13.9. The van der Waals surface area contributed by atoms with Crippen molar-refractivity contribution in [2.75, 3.05) is 35.0 Å². The van der Waals surface area contributed by atoms with Gasteiger partial charge in [0.25, 0.3) is 0 Å². The largest absolute Gasteiger partial charge is 0.497 e. The molecule has 75 heavy (non-hydrogen) atoms. The fourth-order valence-corrected chi connectivity index (χ4v) is 8.22. The van der Waals surface area contributed by atoms with E-state index < -0.39 is 35.0 Å². The van der Waals surface area contributed by atoms with Gasteiger partial charge >= 0.3 is 22.4 Å². The number of hydrogen-bond acceptors (Lipinski definition) is 13. The van der Waals surface area contributed by atoms with E-state index in [1.54, 1.807) is 97.9 Å². The van der Waals surface area contributed by atoms with Crippen LogP contribution in [0.4, 0.5) is 4.79 Å². The summed E-state index contributed by atoms with van der Waals surface area (Å²) < 4.78 is 42.2. The van der Waals surface area contributed by atoms with Crippen LogP contribution in [0.2, 0.25) is 25.8 Å². The molecular weight excluding hydrogens is 1160 g/mol. The van der Waals surface area contributed by atoms with Crippen molar-refractivity contribution >= 4 is 152 Å². The molecule has 0 bridgehead atoms. The van der Waals surface area contributed by atoms with Crippen LogP contribution < -0.4 is 28.4 Å². The maximum absolute atomic E-state index is 12.4. The second-order valence-electron chi connectivity index (χ2n) is 16.6. The van der Waals surface area contributed by atoms with Gasteiger partial charge in [-0.2, -0.15) is 0 Å². The summed E-state index contributed by atoms with van der Waals surface area (Å²) >= 11 is 43.5. The molecule has 1 aliphatic rings. The Kier molecular flexibility index (Phi) is 21.8. The molecule has 9 rings (SSSR count). The summed E-state index contributed by atoms with van der Waals surface area (Å²) in [5.74, 6) is 2.19. The molecule has 398 valence electrons. The van der Waals surface area contributed by atoms with E-state index in [9.17, 15) is 24.5 Å². The van der Waals surface area contributed by atoms with Gasteiger partial charge in [0, 0.05) is 39.6 Å². The number of pyridine rings is 4. The second-order valence-corrected chi connectivity index (χ2v) is 25.1. The molecule has 0 aliphatic carbocycles. The first-order valence-electron chi connectivity index (χ1n) is 21.8. The lowest BCUT2D eigenvalue weighted by molar-refractivity contribution is -0.902. The first-order valence-corrected chi connectivity index (χ1v) is 28.1. The summed E-state index contributed by atoms with van der Waals surface area (Å²) in [5, 5.41) is 24.5. The van der Waals surface area contributed by atoms with Crippen LogP contribution >= 0.6 is 96.9 Å². The third-order valence-corrected chi connectivity index (χ3v) is 11.7. The van der Waals surface area contributed by atoms with E-state index in [1.807, 2.05) is 54.6 Å². The zero-order valence-corrected chi connectivity index (χ0v) is 47.7. The Labute approximate surface area is 470 Å². The number of amides is 1. The highest BCUT2D eigenvalue weighted by molar-refractivity contribution is 8.24. The molecule has 1 fully saturated rings. The van der Waals surface area contributed by atoms with Crippen LogP contribution in [-0.2, 0) is 14.1 Å². The number of carbonyl (C=O) groups is 2. The van der Waals surface area contributed by atoms with Crippen molar-refractivity contribution in [3.63, 3.8) is 0 Å². The average molecular weight is 1210 g/mol. The van der Waals surface area contributed by atoms with Gasteiger partial charge in [0.1, 0.15) is 61.4 Å². The van der Waals surface area contributed by atoms with Crippen molar-refractivity contribution in [2.45, 2.75) is 44.9 Å². The Morgan fingerprint density at radius 2 is 1.11 bits per heavy atom. The number of methoxy groups -OCH3 is 4. The molecule has 4 aromatic heterocycles. The Balaban J connectivity index is 0.000000191. The van der Waals surface area contributed by atoms with Crippen LogP contribution in [-0.4, -0.2) is 95.0 Å². The molecule has 2 N–H and O–H groups in total. The zero-order valence-electron chi connectivity index (χ0n) is 40.7. The van der Waals surface area contributed by atoms with Gasteiger partial charge in [0.05, 0.1) is 40.4 Å². The van der Waals surface area contributed by atoms with Crippen molar-refractivity contribution < 1.29 is 57.6 Å². The van der Waals surface area contributed by atoms with Crippen molar-refractivity contribution in [1.82, 2.24) is 19.9 Å². The number of aliphatic carboxylic acids is 1. The molecule has 1 aliphatic heterocycles. The minimum absolute atomic E-state index is 0.0672. The lowest BCUT2D eigenvalue weighted by Crippen LogP contribution is -2.43. The van der Waals surface area contributed by atoms with E-state index in [4.69, 9.17) is 86.4 Å². The zero-order chi connectivity index (χ0) is 55.4. The highest BCUT2D eigenvalue weighted by Gasteiger charge is 2.43. The SMILES string of the molecule is COc1ccc2c(Cl)[n+](O)ccc2c1.COc1ccc2c(Cl)nc(Cl)cc2c1.COc1ccc2c(Cl)nccc2c1.COc1ccc2c(O[C@@H]3C[C@@H](C(=O)O)N(C(=O)OC(C)(C)C)C3)nc(Cl)cc2c1.O=P(Cl)(Cl)Cl. The highest BCUT2D eigenvalue weighted by Crippen LogP contribution is 2.61. The first kappa shape index (κ1) is 60.5. The summed E-state index contributed by atoms with van der Waals surface area (Å²) in [7, 11) is 6.44. The van der Waals surface area contributed by atoms with Gasteiger partial charge in [-0.15, -0.1) is 0 Å². The lowest BCUT2D eigenvalue weighted by Gasteiger charge is -2.26. The molecule has 4 aromatic carbocycles. The maximum atomic E-state index is 12.4. The molecule has 1 saturated heterocycles. The van der Waals surface area contributed by atoms with E-state index in [1.165, 1.54) is 11.1 Å². The third-order valence-electron chi connectivity index (χ3n) is 10.4. The van der Waals surface area contributed by atoms with Crippen LogP contribution in [0.15, 0.2) is 109 Å². The van der Waals surface area contributed by atoms with Gasteiger partial charge in [-0.25, -0.2) is 24.5 Å². The van der Waals surface area contributed by atoms with Crippen LogP contribution in [0.1, 0.15) is 27.2 Å². The van der Waals surface area contributed by atoms with Crippen molar-refractivity contribution in [2.24, 2.45) is 0 Å². The van der Waals surface area contributed by atoms with Gasteiger partial charge in [-0.1, -0.05) is 46.4 Å². The van der Waals surface area contributed by atoms with Gasteiger partial charge in [-0.3, -0.25) is 14.7 Å². The molecule has 5 heterocycles. The standard InChI is InChI=1S/C20H23ClN2O6.C10H7Cl2NO.C10H9ClNO2.C10H8ClNO.Cl3OP/c1-20(2,3)29-19(26)23-10-13(9-15(23)18(24)25)28-17-14-6-5-12(27-4)7-11(14)8-16(21)22-17;1-14-7-2-3-8-6(4-7)5-9(11)13-10(8)12;1-14-8-2-3-9-7(6-8)4-5-12(13)10(9)11;1-13-8-2-3-9-7(6-8)4-5-12-10(9)11;1-5(2,3)4/h5-8,13,15H,9-10H2,1-4H3,(H,24,25);2-5H,1H3;2-6,13H,1H3;2-6H,1H3;/q;;+1;;/t13-,15+;;;;/m1..../s1. The number of halogens is 8. The average Bonchev–Trinajstić information content (AvgIpc) is 3.78. The molecule has 25 heteroatoms. The number of aromatic nitrogens is 4. The summed E-state index contributed by atoms with van der Waals surface area (Å²) in [4.78, 5) is 37.5. The summed E-state index contributed by atoms with van der Waals surface area (Å²) in [5.41, 5.74) is -0.733. The minimum Gasteiger partial charge on any atom is -0.497 e. The predicted octanol–water partition coefficient (Wildman–Crippen LogP) is 15.0. The highest BCUT2D eigenvalue weighted by atomic mass is 36.0. The lowest BCUT2D eigenvalue weighted by atomic mass is 10.1. The number of ether oxygens (including phenoxy) is 6. The molecule has 2 atom stereocenters. The van der Waals surface area contributed by atoms with E-state index in [-0.39, 0.29) is 24.0 Å². The molecule has 0 spiro atoms. The number of carbonyl (C=O) groups excluding carboxylic acids is 1.